The molecule has 2 rings (SSSR count). The monoisotopic (exact) mass is 356 g/mol. The van der Waals surface area contributed by atoms with Gasteiger partial charge in [0.1, 0.15) is 24.2 Å². The van der Waals surface area contributed by atoms with E-state index >= 15 is 0 Å². The number of aryl methyl sites for hydroxylation is 1. The van der Waals surface area contributed by atoms with Crippen LogP contribution in [-0.4, -0.2) is 47.8 Å². The maximum absolute atomic E-state index is 12.8. The number of carbonyl (C=O) groups is 1. The number of rotatable bonds is 7. The van der Waals surface area contributed by atoms with E-state index in [4.69, 9.17) is 4.74 Å². The van der Waals surface area contributed by atoms with E-state index in [1.165, 1.54) is 12.1 Å². The molecule has 0 saturated carbocycles. The molecule has 1 aromatic carbocycles. The maximum Gasteiger partial charge on any atom is 0.244 e. The third-order valence-electron chi connectivity index (χ3n) is 3.48. The summed E-state index contributed by atoms with van der Waals surface area (Å²) in [5, 5.41) is 7.09. The molecule has 0 aliphatic heterocycles. The van der Waals surface area contributed by atoms with Crippen LogP contribution in [0.2, 0.25) is 0 Å². The van der Waals surface area contributed by atoms with Gasteiger partial charge in [-0.1, -0.05) is 0 Å². The van der Waals surface area contributed by atoms with Crippen LogP contribution >= 0.6 is 12.4 Å². The molecule has 1 atom stereocenters. The summed E-state index contributed by atoms with van der Waals surface area (Å²) in [5.74, 6) is 0.200. The fourth-order valence-electron chi connectivity index (χ4n) is 2.18. The number of halogens is 2. The molecule has 6 nitrogen and oxygen atoms in total. The molecule has 0 aliphatic carbocycles. The highest BCUT2D eigenvalue weighted by molar-refractivity contribution is 5.85. The van der Waals surface area contributed by atoms with Gasteiger partial charge in [-0.2, -0.15) is 5.10 Å². The van der Waals surface area contributed by atoms with Crippen LogP contribution < -0.4 is 10.1 Å². The normalized spacial score (nSPS) is 11.5. The summed E-state index contributed by atoms with van der Waals surface area (Å²) in [6.45, 7) is 0.756. The van der Waals surface area contributed by atoms with Gasteiger partial charge in [0.25, 0.3) is 0 Å². The van der Waals surface area contributed by atoms with Crippen molar-refractivity contribution in [3.8, 4) is 5.75 Å². The molecule has 2 aromatic rings. The van der Waals surface area contributed by atoms with Crippen molar-refractivity contribution in [3.63, 3.8) is 0 Å². The van der Waals surface area contributed by atoms with Gasteiger partial charge in [-0.25, -0.2) is 4.39 Å². The number of hydrogen-bond donors (Lipinski definition) is 1. The van der Waals surface area contributed by atoms with E-state index in [-0.39, 0.29) is 24.1 Å². The lowest BCUT2D eigenvalue weighted by molar-refractivity contribution is -0.132. The molecule has 1 N–H and O–H groups in total. The average molecular weight is 357 g/mol. The van der Waals surface area contributed by atoms with Crippen molar-refractivity contribution in [2.75, 3.05) is 27.2 Å². The predicted octanol–water partition coefficient (Wildman–Crippen LogP) is 1.78. The highest BCUT2D eigenvalue weighted by Gasteiger charge is 2.23. The topological polar surface area (TPSA) is 59.4 Å². The van der Waals surface area contributed by atoms with E-state index in [0.29, 0.717) is 18.9 Å². The first-order valence-corrected chi connectivity index (χ1v) is 7.30. The first-order valence-electron chi connectivity index (χ1n) is 7.30. The second-order valence-electron chi connectivity index (χ2n) is 5.23. The zero-order valence-electron chi connectivity index (χ0n) is 13.9. The van der Waals surface area contributed by atoms with E-state index in [1.54, 1.807) is 49.1 Å². The van der Waals surface area contributed by atoms with Gasteiger partial charge in [0, 0.05) is 25.9 Å². The lowest BCUT2D eigenvalue weighted by Crippen LogP contribution is -2.39. The molecule has 1 unspecified atom stereocenters. The smallest absolute Gasteiger partial charge is 0.244 e. The number of nitrogens with one attached hydrogen (secondary N) is 1. The van der Waals surface area contributed by atoms with Crippen molar-refractivity contribution >= 4 is 18.3 Å². The molecule has 0 saturated heterocycles. The summed E-state index contributed by atoms with van der Waals surface area (Å²) in [6.07, 6.45) is 3.48. The van der Waals surface area contributed by atoms with Crippen molar-refractivity contribution < 1.29 is 13.9 Å². The van der Waals surface area contributed by atoms with Crippen LogP contribution in [0.3, 0.4) is 0 Å². The van der Waals surface area contributed by atoms with E-state index in [0.717, 1.165) is 5.56 Å². The van der Waals surface area contributed by atoms with Crippen LogP contribution in [0.25, 0.3) is 0 Å². The quantitative estimate of drug-likeness (QED) is 0.821. The summed E-state index contributed by atoms with van der Waals surface area (Å²) in [5.41, 5.74) is 0.811. The Morgan fingerprint density at radius 2 is 2.08 bits per heavy atom. The number of benzene rings is 1. The molecule has 0 spiro atoms. The minimum Gasteiger partial charge on any atom is -0.492 e. The summed E-state index contributed by atoms with van der Waals surface area (Å²) in [4.78, 5) is 14.1. The van der Waals surface area contributed by atoms with Crippen molar-refractivity contribution in [2.45, 2.75) is 6.04 Å². The van der Waals surface area contributed by atoms with Crippen molar-refractivity contribution in [1.29, 1.82) is 0 Å². The third-order valence-corrected chi connectivity index (χ3v) is 3.48. The fraction of sp³-hybridized carbons (Fsp3) is 0.375. The molecule has 132 valence electrons. The fourth-order valence-corrected chi connectivity index (χ4v) is 2.18. The van der Waals surface area contributed by atoms with Gasteiger partial charge >= 0.3 is 0 Å². The summed E-state index contributed by atoms with van der Waals surface area (Å²) >= 11 is 0. The van der Waals surface area contributed by atoms with Crippen molar-refractivity contribution in [1.82, 2.24) is 20.0 Å². The molecular weight excluding hydrogens is 335 g/mol. The van der Waals surface area contributed by atoms with Gasteiger partial charge in [-0.3, -0.25) is 9.48 Å². The average Bonchev–Trinajstić information content (AvgIpc) is 2.96. The van der Waals surface area contributed by atoms with Crippen molar-refractivity contribution in [2.24, 2.45) is 7.05 Å². The molecule has 1 aromatic heterocycles. The summed E-state index contributed by atoms with van der Waals surface area (Å²) < 4.78 is 20.0. The molecular formula is C16H22ClFN4O2. The van der Waals surface area contributed by atoms with E-state index in [9.17, 15) is 9.18 Å². The molecule has 0 bridgehead atoms. The van der Waals surface area contributed by atoms with Crippen LogP contribution in [0.5, 0.6) is 5.75 Å². The third kappa shape index (κ3) is 5.21. The van der Waals surface area contributed by atoms with Gasteiger partial charge in [0.15, 0.2) is 0 Å². The number of hydrogen-bond acceptors (Lipinski definition) is 4. The standard InChI is InChI=1S/C16H21FN4O2.ClH/c1-18-15(12-10-19-21(3)11-12)16(22)20(2)8-9-23-14-6-4-13(17)5-7-14;/h4-7,10-11,15,18H,8-9H2,1-3H3;1H. The van der Waals surface area contributed by atoms with E-state index in [2.05, 4.69) is 10.4 Å². The van der Waals surface area contributed by atoms with Gasteiger partial charge in [0.2, 0.25) is 5.91 Å². The van der Waals surface area contributed by atoms with Crippen LogP contribution in [0.4, 0.5) is 4.39 Å². The maximum atomic E-state index is 12.8. The van der Waals surface area contributed by atoms with E-state index < -0.39 is 6.04 Å². The Bertz CT molecular complexity index is 648. The number of ether oxygens (including phenoxy) is 1. The number of aromatic nitrogens is 2. The molecule has 8 heteroatoms. The molecule has 1 heterocycles. The van der Waals surface area contributed by atoms with Crippen LogP contribution in [0, 0.1) is 5.82 Å². The molecule has 1 amide bonds. The van der Waals surface area contributed by atoms with Crippen LogP contribution in [0.1, 0.15) is 11.6 Å². The number of carbonyl (C=O) groups excluding carboxylic acids is 1. The first-order chi connectivity index (χ1) is 11.0. The summed E-state index contributed by atoms with van der Waals surface area (Å²) in [7, 11) is 5.26. The molecule has 0 radical (unpaired) electrons. The highest BCUT2D eigenvalue weighted by Crippen LogP contribution is 2.14. The Hall–Kier alpha value is -2.12. The SMILES string of the molecule is CNC(C(=O)N(C)CCOc1ccc(F)cc1)c1cnn(C)c1.Cl. The van der Waals surface area contributed by atoms with Crippen LogP contribution in [0.15, 0.2) is 36.7 Å². The van der Waals surface area contributed by atoms with Crippen LogP contribution in [-0.2, 0) is 11.8 Å². The molecule has 0 aliphatic rings. The van der Waals surface area contributed by atoms with Gasteiger partial charge in [-0.15, -0.1) is 12.4 Å². The lowest BCUT2D eigenvalue weighted by Gasteiger charge is -2.23. The Morgan fingerprint density at radius 1 is 1.42 bits per heavy atom. The zero-order chi connectivity index (χ0) is 16.8. The first kappa shape index (κ1) is 19.9. The van der Waals surface area contributed by atoms with Gasteiger partial charge < -0.3 is 15.0 Å². The molecule has 24 heavy (non-hydrogen) atoms. The minimum atomic E-state index is -0.445. The second kappa shape index (κ2) is 9.24. The van der Waals surface area contributed by atoms with Gasteiger partial charge in [-0.05, 0) is 31.3 Å². The second-order valence-corrected chi connectivity index (χ2v) is 5.23. The Morgan fingerprint density at radius 3 is 2.62 bits per heavy atom. The Kier molecular flexibility index (Phi) is 7.67. The highest BCUT2D eigenvalue weighted by atomic mass is 35.5. The lowest BCUT2D eigenvalue weighted by atomic mass is 10.1. The zero-order valence-corrected chi connectivity index (χ0v) is 14.7. The molecule has 0 fully saturated rings. The Balaban J connectivity index is 0.00000288. The summed E-state index contributed by atoms with van der Waals surface area (Å²) in [6, 6.07) is 5.35. The van der Waals surface area contributed by atoms with E-state index in [1.807, 2.05) is 6.20 Å². The van der Waals surface area contributed by atoms with Gasteiger partial charge in [0.05, 0.1) is 12.7 Å². The number of likely N-dealkylation sites (N-methyl/N-ethyl adjacent to an activating group) is 2. The predicted molar refractivity (Wildman–Crippen MR) is 91.8 cm³/mol. The Labute approximate surface area is 147 Å². The largest absolute Gasteiger partial charge is 0.492 e. The minimum absolute atomic E-state index is 0. The number of amides is 1. The number of nitrogens with zero attached hydrogens (tertiary/aromatic N) is 3. The van der Waals surface area contributed by atoms with Crippen molar-refractivity contribution in [3.05, 3.63) is 48.0 Å².